The average Bonchev–Trinajstić information content (AvgIpc) is 2.17. The molecule has 0 amide bonds. The van der Waals surface area contributed by atoms with Crippen LogP contribution in [0.4, 0.5) is 5.88 Å². The summed E-state index contributed by atoms with van der Waals surface area (Å²) in [7, 11) is 0. The van der Waals surface area contributed by atoms with Gasteiger partial charge in [-0.2, -0.15) is 0 Å². The minimum atomic E-state index is 0. The molecule has 2 N–H and O–H groups in total. The molecule has 0 saturated heterocycles. The lowest BCUT2D eigenvalue weighted by molar-refractivity contribution is -0.762. The third-order valence-electron chi connectivity index (χ3n) is 0.980. The zero-order valence-corrected chi connectivity index (χ0v) is 6.51. The van der Waals surface area contributed by atoms with E-state index in [2.05, 4.69) is 16.7 Å². The van der Waals surface area contributed by atoms with E-state index in [-0.39, 0.29) is 12.4 Å². The van der Waals surface area contributed by atoms with Crippen LogP contribution in [0.2, 0.25) is 0 Å². The van der Waals surface area contributed by atoms with Gasteiger partial charge >= 0.3 is 0 Å². The molecule has 1 heterocycles. The summed E-state index contributed by atoms with van der Waals surface area (Å²) in [5.74, 6) is 0.364. The molecule has 0 spiro atoms. The molecular weight excluding hydrogens is 154 g/mol. The Balaban J connectivity index is 0.000000810. The van der Waals surface area contributed by atoms with Gasteiger partial charge in [-0.15, -0.1) is 0 Å². The van der Waals surface area contributed by atoms with Crippen molar-refractivity contribution in [1.82, 2.24) is 5.27 Å². The van der Waals surface area contributed by atoms with Crippen LogP contribution in [-0.2, 0) is 6.54 Å². The molecular formula is C5H10ClN3O. The highest BCUT2D eigenvalue weighted by atomic mass is 35.5. The summed E-state index contributed by atoms with van der Waals surface area (Å²) in [6.07, 6.45) is 2.71. The van der Waals surface area contributed by atoms with Crippen molar-refractivity contribution < 1.29 is 21.6 Å². The summed E-state index contributed by atoms with van der Waals surface area (Å²) in [5.41, 5.74) is 5.26. The molecule has 10 heavy (non-hydrogen) atoms. The SMILES string of the molecule is CCC[n+]1cc(N)on1.[Cl-]. The molecule has 1 aromatic heterocycles. The van der Waals surface area contributed by atoms with Crippen molar-refractivity contribution >= 4 is 5.88 Å². The normalized spacial score (nSPS) is 8.90. The van der Waals surface area contributed by atoms with Crippen LogP contribution >= 0.6 is 0 Å². The number of hydrogen-bond donors (Lipinski definition) is 1. The summed E-state index contributed by atoms with van der Waals surface area (Å²) in [6, 6.07) is 0. The Bertz CT molecular complexity index is 189. The van der Waals surface area contributed by atoms with Gasteiger partial charge in [0.25, 0.3) is 12.1 Å². The molecule has 0 radical (unpaired) electrons. The lowest BCUT2D eigenvalue weighted by Crippen LogP contribution is -3.00. The summed E-state index contributed by atoms with van der Waals surface area (Å²) >= 11 is 0. The molecule has 0 saturated carbocycles. The maximum atomic E-state index is 5.26. The number of anilines is 1. The lowest BCUT2D eigenvalue weighted by atomic mass is 10.5. The van der Waals surface area contributed by atoms with E-state index < -0.39 is 0 Å². The Kier molecular flexibility index (Phi) is 3.79. The van der Waals surface area contributed by atoms with Crippen LogP contribution in [0.15, 0.2) is 10.7 Å². The smallest absolute Gasteiger partial charge is 0.293 e. The first-order valence-electron chi connectivity index (χ1n) is 2.95. The second-order valence-electron chi connectivity index (χ2n) is 1.87. The Morgan fingerprint density at radius 3 is 2.90 bits per heavy atom. The molecule has 0 unspecified atom stereocenters. The van der Waals surface area contributed by atoms with Crippen LogP contribution in [0.5, 0.6) is 0 Å². The Morgan fingerprint density at radius 1 is 1.80 bits per heavy atom. The van der Waals surface area contributed by atoms with Crippen molar-refractivity contribution in [2.24, 2.45) is 0 Å². The molecule has 0 fully saturated rings. The molecule has 4 nitrogen and oxygen atoms in total. The predicted molar refractivity (Wildman–Crippen MR) is 31.4 cm³/mol. The summed E-state index contributed by atoms with van der Waals surface area (Å²) in [4.78, 5) is 0. The average molecular weight is 164 g/mol. The van der Waals surface area contributed by atoms with E-state index in [9.17, 15) is 0 Å². The van der Waals surface area contributed by atoms with Crippen molar-refractivity contribution in [1.29, 1.82) is 0 Å². The highest BCUT2D eigenvalue weighted by molar-refractivity contribution is 5.11. The lowest BCUT2D eigenvalue weighted by Gasteiger charge is -1.76. The minimum Gasteiger partial charge on any atom is -1.00 e. The third-order valence-corrected chi connectivity index (χ3v) is 0.980. The topological polar surface area (TPSA) is 55.9 Å². The van der Waals surface area contributed by atoms with Gasteiger partial charge < -0.3 is 18.1 Å². The van der Waals surface area contributed by atoms with Gasteiger partial charge in [-0.1, -0.05) is 11.6 Å². The van der Waals surface area contributed by atoms with Gasteiger partial charge in [-0.3, -0.25) is 4.52 Å². The van der Waals surface area contributed by atoms with E-state index in [1.807, 2.05) is 0 Å². The van der Waals surface area contributed by atoms with E-state index in [1.54, 1.807) is 10.9 Å². The van der Waals surface area contributed by atoms with E-state index in [0.29, 0.717) is 5.88 Å². The van der Waals surface area contributed by atoms with Gasteiger partial charge in [-0.25, -0.2) is 0 Å². The second-order valence-corrected chi connectivity index (χ2v) is 1.87. The number of nitrogens with two attached hydrogens (primary N) is 1. The molecule has 58 valence electrons. The van der Waals surface area contributed by atoms with Crippen molar-refractivity contribution in [3.8, 4) is 0 Å². The molecule has 0 aliphatic carbocycles. The number of nitrogen functional groups attached to an aromatic ring is 1. The van der Waals surface area contributed by atoms with Gasteiger partial charge in [0.15, 0.2) is 6.54 Å². The van der Waals surface area contributed by atoms with E-state index >= 15 is 0 Å². The summed E-state index contributed by atoms with van der Waals surface area (Å²) in [5, 5.41) is 3.62. The molecule has 0 aliphatic heterocycles. The van der Waals surface area contributed by atoms with Gasteiger partial charge in [-0.05, 0) is 0 Å². The minimum absolute atomic E-state index is 0. The summed E-state index contributed by atoms with van der Waals surface area (Å²) < 4.78 is 6.28. The van der Waals surface area contributed by atoms with Gasteiger partial charge in [0, 0.05) is 6.42 Å². The number of aromatic nitrogens is 2. The third kappa shape index (κ3) is 2.23. The molecule has 5 heteroatoms. The number of aryl methyl sites for hydroxylation is 1. The van der Waals surface area contributed by atoms with Crippen LogP contribution in [0.1, 0.15) is 13.3 Å². The molecule has 0 atom stereocenters. The highest BCUT2D eigenvalue weighted by Gasteiger charge is 2.04. The van der Waals surface area contributed by atoms with Crippen LogP contribution in [0.25, 0.3) is 0 Å². The van der Waals surface area contributed by atoms with Crippen molar-refractivity contribution in [2.45, 2.75) is 19.9 Å². The second kappa shape index (κ2) is 4.11. The van der Waals surface area contributed by atoms with Gasteiger partial charge in [0.2, 0.25) is 5.27 Å². The highest BCUT2D eigenvalue weighted by Crippen LogP contribution is 1.89. The van der Waals surface area contributed by atoms with Crippen LogP contribution in [0, 0.1) is 0 Å². The first-order chi connectivity index (χ1) is 4.33. The van der Waals surface area contributed by atoms with Gasteiger partial charge in [0.05, 0.1) is 0 Å². The monoisotopic (exact) mass is 163 g/mol. The molecule has 0 aliphatic rings. The fourth-order valence-electron chi connectivity index (χ4n) is 0.628. The van der Waals surface area contributed by atoms with Crippen LogP contribution in [-0.4, -0.2) is 5.27 Å². The fraction of sp³-hybridized carbons (Fsp3) is 0.600. The Morgan fingerprint density at radius 2 is 2.50 bits per heavy atom. The molecule has 1 aromatic rings. The van der Waals surface area contributed by atoms with Crippen molar-refractivity contribution in [3.05, 3.63) is 6.20 Å². The number of halogens is 1. The Hall–Kier alpha value is -0.770. The largest absolute Gasteiger partial charge is 1.00 e. The van der Waals surface area contributed by atoms with Crippen LogP contribution in [0.3, 0.4) is 0 Å². The van der Waals surface area contributed by atoms with Crippen molar-refractivity contribution in [2.75, 3.05) is 5.73 Å². The number of hydrogen-bond acceptors (Lipinski definition) is 3. The first-order valence-corrected chi connectivity index (χ1v) is 2.95. The number of nitrogens with zero attached hydrogens (tertiary/aromatic N) is 2. The molecule has 0 bridgehead atoms. The summed E-state index contributed by atoms with van der Waals surface area (Å²) in [6.45, 7) is 2.93. The van der Waals surface area contributed by atoms with Crippen molar-refractivity contribution in [3.63, 3.8) is 0 Å². The maximum Gasteiger partial charge on any atom is 0.293 e. The van der Waals surface area contributed by atoms with Crippen LogP contribution < -0.4 is 22.8 Å². The fourth-order valence-corrected chi connectivity index (χ4v) is 0.628. The zero-order valence-electron chi connectivity index (χ0n) is 5.75. The predicted octanol–water partition coefficient (Wildman–Crippen LogP) is -3.04. The number of rotatable bonds is 2. The zero-order chi connectivity index (χ0) is 6.69. The Labute approximate surface area is 65.4 Å². The van der Waals surface area contributed by atoms with Gasteiger partial charge in [0.1, 0.15) is 0 Å². The standard InChI is InChI=1S/C5H10N3O.ClH/c1-2-3-8-4-5(6)9-7-8;/h4H,2-3,6H2,1H3;1H/q+1;/p-1. The quantitative estimate of drug-likeness (QED) is 0.472. The molecule has 0 aromatic carbocycles. The maximum absolute atomic E-state index is 5.26. The molecule has 1 rings (SSSR count). The van der Waals surface area contributed by atoms with E-state index in [0.717, 1.165) is 13.0 Å². The van der Waals surface area contributed by atoms with E-state index in [4.69, 9.17) is 5.73 Å². The van der Waals surface area contributed by atoms with E-state index in [1.165, 1.54) is 0 Å². The first kappa shape index (κ1) is 9.23.